The van der Waals surface area contributed by atoms with Crippen molar-refractivity contribution in [3.63, 3.8) is 0 Å². The van der Waals surface area contributed by atoms with Crippen molar-refractivity contribution in [2.75, 3.05) is 13.2 Å². The minimum Gasteiger partial charge on any atom is -0.466 e. The zero-order valence-electron chi connectivity index (χ0n) is 42.1. The normalized spacial score (nSPS) is 12.9. The molecule has 0 heterocycles. The van der Waals surface area contributed by atoms with Gasteiger partial charge in [-0.05, 0) is 77.0 Å². The van der Waals surface area contributed by atoms with E-state index in [0.717, 1.165) is 77.0 Å². The Labute approximate surface area is 392 Å². The standard InChI is InChI=1S/C57H107NO5/c1-3-5-7-9-11-13-15-17-18-19-22-26-29-33-37-41-45-49-55(60)54(53-59)58-56(61)50-46-42-38-34-30-27-23-20-21-24-28-32-36-40-44-48-52-63-57(62)51-47-43-39-35-31-25-16-14-12-10-8-6-4-2/h8,10,14,16,20,23,54-55,59-60H,3-7,9,11-13,15,17-19,21-22,24-53H2,1-2H3,(H,58,61)/b10-8-,16-14-,23-20-. The number of hydrogen-bond acceptors (Lipinski definition) is 5. The van der Waals surface area contributed by atoms with Crippen LogP contribution in [0.5, 0.6) is 0 Å². The van der Waals surface area contributed by atoms with Gasteiger partial charge in [-0.15, -0.1) is 0 Å². The number of aliphatic hydroxyl groups is 2. The van der Waals surface area contributed by atoms with Gasteiger partial charge in [-0.25, -0.2) is 0 Å². The monoisotopic (exact) mass is 886 g/mol. The maximum absolute atomic E-state index is 12.5. The third kappa shape index (κ3) is 49.4. The van der Waals surface area contributed by atoms with Gasteiger partial charge in [0, 0.05) is 12.8 Å². The van der Waals surface area contributed by atoms with Crippen LogP contribution in [0.15, 0.2) is 36.5 Å². The Bertz CT molecular complexity index is 1020. The van der Waals surface area contributed by atoms with Gasteiger partial charge in [0.2, 0.25) is 5.91 Å². The van der Waals surface area contributed by atoms with E-state index in [1.807, 2.05) is 0 Å². The molecule has 0 aliphatic heterocycles. The van der Waals surface area contributed by atoms with Crippen LogP contribution in [-0.2, 0) is 14.3 Å². The molecule has 0 saturated heterocycles. The van der Waals surface area contributed by atoms with Gasteiger partial charge in [-0.1, -0.05) is 237 Å². The van der Waals surface area contributed by atoms with Crippen LogP contribution in [0, 0.1) is 0 Å². The van der Waals surface area contributed by atoms with Gasteiger partial charge in [0.1, 0.15) is 0 Å². The summed E-state index contributed by atoms with van der Waals surface area (Å²) in [6.45, 7) is 4.86. The summed E-state index contributed by atoms with van der Waals surface area (Å²) in [6, 6.07) is -0.555. The molecule has 0 fully saturated rings. The molecule has 0 rings (SSSR count). The Morgan fingerprint density at radius 2 is 0.825 bits per heavy atom. The molecule has 370 valence electrons. The van der Waals surface area contributed by atoms with E-state index in [-0.39, 0.29) is 18.5 Å². The smallest absolute Gasteiger partial charge is 0.305 e. The molecule has 0 bridgehead atoms. The second-order valence-electron chi connectivity index (χ2n) is 18.9. The van der Waals surface area contributed by atoms with Crippen molar-refractivity contribution in [3.05, 3.63) is 36.5 Å². The molecule has 6 heteroatoms. The molecule has 0 aromatic rings. The summed E-state index contributed by atoms with van der Waals surface area (Å²) in [5.74, 6) is -0.0700. The van der Waals surface area contributed by atoms with Crippen LogP contribution >= 0.6 is 0 Å². The number of nitrogens with one attached hydrogen (secondary N) is 1. The second kappa shape index (κ2) is 52.7. The van der Waals surface area contributed by atoms with E-state index in [2.05, 4.69) is 55.6 Å². The number of carbonyl (C=O) groups is 2. The summed E-state index contributed by atoms with van der Waals surface area (Å²) >= 11 is 0. The largest absolute Gasteiger partial charge is 0.466 e. The van der Waals surface area contributed by atoms with Crippen molar-refractivity contribution in [3.8, 4) is 0 Å². The lowest BCUT2D eigenvalue weighted by atomic mass is 10.0. The summed E-state index contributed by atoms with van der Waals surface area (Å²) in [5.41, 5.74) is 0. The predicted molar refractivity (Wildman–Crippen MR) is 273 cm³/mol. The maximum Gasteiger partial charge on any atom is 0.305 e. The fourth-order valence-electron chi connectivity index (χ4n) is 8.38. The Balaban J connectivity index is 3.48. The van der Waals surface area contributed by atoms with Crippen molar-refractivity contribution >= 4 is 11.9 Å². The Morgan fingerprint density at radius 3 is 1.29 bits per heavy atom. The Morgan fingerprint density at radius 1 is 0.444 bits per heavy atom. The molecule has 1 amide bonds. The molecule has 0 aliphatic carbocycles. The lowest BCUT2D eigenvalue weighted by molar-refractivity contribution is -0.143. The average Bonchev–Trinajstić information content (AvgIpc) is 3.28. The predicted octanol–water partition coefficient (Wildman–Crippen LogP) is 16.9. The molecule has 63 heavy (non-hydrogen) atoms. The van der Waals surface area contributed by atoms with Gasteiger partial charge in [0.15, 0.2) is 0 Å². The number of esters is 1. The van der Waals surface area contributed by atoms with Gasteiger partial charge < -0.3 is 20.3 Å². The topological polar surface area (TPSA) is 95.9 Å². The number of rotatable bonds is 51. The summed E-state index contributed by atoms with van der Waals surface area (Å²) in [6.07, 6.45) is 64.1. The van der Waals surface area contributed by atoms with Crippen LogP contribution in [0.4, 0.5) is 0 Å². The maximum atomic E-state index is 12.5. The van der Waals surface area contributed by atoms with E-state index in [9.17, 15) is 19.8 Å². The van der Waals surface area contributed by atoms with Crippen LogP contribution in [0.3, 0.4) is 0 Å². The van der Waals surface area contributed by atoms with Crippen molar-refractivity contribution < 1.29 is 24.5 Å². The zero-order chi connectivity index (χ0) is 45.8. The lowest BCUT2D eigenvalue weighted by Crippen LogP contribution is -2.45. The number of hydrogen-bond donors (Lipinski definition) is 3. The molecular formula is C57H107NO5. The zero-order valence-corrected chi connectivity index (χ0v) is 42.1. The molecule has 0 aromatic heterocycles. The molecule has 0 aliphatic rings. The molecule has 6 nitrogen and oxygen atoms in total. The molecule has 2 atom stereocenters. The van der Waals surface area contributed by atoms with E-state index in [0.29, 0.717) is 25.9 Å². The average molecular weight is 886 g/mol. The van der Waals surface area contributed by atoms with Gasteiger partial charge in [-0.3, -0.25) is 9.59 Å². The van der Waals surface area contributed by atoms with Crippen molar-refractivity contribution in [1.29, 1.82) is 0 Å². The van der Waals surface area contributed by atoms with E-state index < -0.39 is 12.1 Å². The first-order valence-electron chi connectivity index (χ1n) is 27.7. The summed E-state index contributed by atoms with van der Waals surface area (Å²) in [7, 11) is 0. The summed E-state index contributed by atoms with van der Waals surface area (Å²) < 4.78 is 5.45. The first-order chi connectivity index (χ1) is 31.0. The van der Waals surface area contributed by atoms with Gasteiger partial charge in [0.25, 0.3) is 0 Å². The van der Waals surface area contributed by atoms with Gasteiger partial charge in [0.05, 0.1) is 25.4 Å². The highest BCUT2D eigenvalue weighted by Crippen LogP contribution is 2.16. The lowest BCUT2D eigenvalue weighted by Gasteiger charge is -2.22. The van der Waals surface area contributed by atoms with Gasteiger partial charge in [-0.2, -0.15) is 0 Å². The van der Waals surface area contributed by atoms with Crippen LogP contribution in [0.2, 0.25) is 0 Å². The molecule has 0 saturated carbocycles. The molecule has 0 radical (unpaired) electrons. The number of amides is 1. The fraction of sp³-hybridized carbons (Fsp3) is 0.860. The number of unbranched alkanes of at least 4 members (excludes halogenated alkanes) is 34. The third-order valence-corrected chi connectivity index (χ3v) is 12.6. The van der Waals surface area contributed by atoms with Crippen molar-refractivity contribution in [2.24, 2.45) is 0 Å². The highest BCUT2D eigenvalue weighted by Gasteiger charge is 2.20. The first kappa shape index (κ1) is 61.1. The first-order valence-corrected chi connectivity index (χ1v) is 27.7. The minimum absolute atomic E-state index is 0.0183. The third-order valence-electron chi connectivity index (χ3n) is 12.6. The van der Waals surface area contributed by atoms with E-state index in [1.165, 1.54) is 180 Å². The van der Waals surface area contributed by atoms with Crippen LogP contribution in [0.25, 0.3) is 0 Å². The van der Waals surface area contributed by atoms with Crippen LogP contribution in [0.1, 0.15) is 290 Å². The second-order valence-corrected chi connectivity index (χ2v) is 18.9. The van der Waals surface area contributed by atoms with Crippen LogP contribution in [-0.4, -0.2) is 47.4 Å². The van der Waals surface area contributed by atoms with E-state index in [1.54, 1.807) is 0 Å². The van der Waals surface area contributed by atoms with E-state index in [4.69, 9.17) is 4.74 Å². The highest BCUT2D eigenvalue weighted by molar-refractivity contribution is 5.76. The molecule has 2 unspecified atom stereocenters. The number of aliphatic hydroxyl groups excluding tert-OH is 2. The van der Waals surface area contributed by atoms with Crippen molar-refractivity contribution in [1.82, 2.24) is 5.32 Å². The van der Waals surface area contributed by atoms with Crippen LogP contribution < -0.4 is 5.32 Å². The summed E-state index contributed by atoms with van der Waals surface area (Å²) in [4.78, 5) is 24.5. The molecule has 0 spiro atoms. The number of allylic oxidation sites excluding steroid dienone is 6. The van der Waals surface area contributed by atoms with E-state index >= 15 is 0 Å². The molecule has 3 N–H and O–H groups in total. The Hall–Kier alpha value is -1.92. The van der Waals surface area contributed by atoms with Crippen molar-refractivity contribution in [2.45, 2.75) is 302 Å². The molecular weight excluding hydrogens is 779 g/mol. The highest BCUT2D eigenvalue weighted by atomic mass is 16.5. The number of ether oxygens (including phenoxy) is 1. The minimum atomic E-state index is -0.676. The Kier molecular flexibility index (Phi) is 51.1. The quantitative estimate of drug-likeness (QED) is 0.0321. The SMILES string of the molecule is CCC/C=C\C/C=C\CCCCCCCC(=O)OCCCCCCCCC/C=C\CCCCCCCC(=O)NC(CO)C(O)CCCCCCCCCCCCCCCCCCC. The fourth-order valence-corrected chi connectivity index (χ4v) is 8.38. The number of carbonyl (C=O) groups excluding carboxylic acids is 2. The summed E-state index contributed by atoms with van der Waals surface area (Å²) in [5, 5.41) is 23.3. The van der Waals surface area contributed by atoms with Gasteiger partial charge >= 0.3 is 5.97 Å². The molecule has 0 aromatic carbocycles.